The zero-order valence-electron chi connectivity index (χ0n) is 11.4. The van der Waals surface area contributed by atoms with Gasteiger partial charge in [-0.05, 0) is 18.6 Å². The molecule has 2 aliphatic heterocycles. The van der Waals surface area contributed by atoms with Gasteiger partial charge in [-0.1, -0.05) is 0 Å². The van der Waals surface area contributed by atoms with Crippen LogP contribution in [0.5, 0.6) is 0 Å². The molecule has 0 unspecified atom stereocenters. The molecule has 2 aliphatic rings. The highest BCUT2D eigenvalue weighted by Crippen LogP contribution is 2.22. The van der Waals surface area contributed by atoms with E-state index in [-0.39, 0.29) is 5.91 Å². The van der Waals surface area contributed by atoms with Crippen molar-refractivity contribution in [3.63, 3.8) is 0 Å². The third-order valence-electron chi connectivity index (χ3n) is 3.58. The molecule has 1 aromatic rings. The number of nitrogens with zero attached hydrogens (tertiary/aromatic N) is 3. The molecular weight excluding hydrogens is 273 g/mol. The Labute approximate surface area is 121 Å². The predicted molar refractivity (Wildman–Crippen MR) is 78.3 cm³/mol. The van der Waals surface area contributed by atoms with E-state index in [1.54, 1.807) is 12.3 Å². The van der Waals surface area contributed by atoms with Crippen molar-refractivity contribution in [1.29, 1.82) is 0 Å². The maximum Gasteiger partial charge on any atom is 0.254 e. The number of nitrogens with one attached hydrogen (secondary N) is 1. The molecule has 7 heteroatoms. The Balaban J connectivity index is 1.70. The van der Waals surface area contributed by atoms with Gasteiger partial charge in [0.05, 0.1) is 24.0 Å². The molecule has 0 bridgehead atoms. The van der Waals surface area contributed by atoms with Crippen LogP contribution in [0.2, 0.25) is 0 Å². The summed E-state index contributed by atoms with van der Waals surface area (Å²) in [5.41, 5.74) is 7.43. The van der Waals surface area contributed by atoms with Crippen LogP contribution < -0.4 is 16.0 Å². The summed E-state index contributed by atoms with van der Waals surface area (Å²) in [5.74, 6) is 0.258. The number of aromatic nitrogens is 1. The van der Waals surface area contributed by atoms with Gasteiger partial charge in [0, 0.05) is 25.0 Å². The Hall–Kier alpha value is -2.44. The van der Waals surface area contributed by atoms with Gasteiger partial charge in [0.25, 0.3) is 5.91 Å². The molecule has 0 radical (unpaired) electrons. The number of nitrogens with two attached hydrogens (primary N) is 1. The summed E-state index contributed by atoms with van der Waals surface area (Å²) in [7, 11) is 0. The Morgan fingerprint density at radius 3 is 2.95 bits per heavy atom. The second-order valence-corrected chi connectivity index (χ2v) is 5.09. The number of halogens is 1. The summed E-state index contributed by atoms with van der Waals surface area (Å²) in [5, 5.41) is 2.61. The minimum absolute atomic E-state index is 0.223. The lowest BCUT2D eigenvalue weighted by molar-refractivity contribution is -0.116. The van der Waals surface area contributed by atoms with Gasteiger partial charge in [-0.2, -0.15) is 0 Å². The first kappa shape index (κ1) is 13.5. The molecule has 110 valence electrons. The standard InChI is InChI=1S/C14H16FN5O/c15-9-3-4-20(8-9)10-1-2-13(17-5-10)18-6-11-12(16)7-19-14(11)21/h1-2,5-6,9H,3-4,7-8,16H2,(H,19,21)/t9-/m0/s1. The quantitative estimate of drug-likeness (QED) is 0.801. The summed E-state index contributed by atoms with van der Waals surface area (Å²) in [6.45, 7) is 1.47. The molecule has 3 N–H and O–H groups in total. The Morgan fingerprint density at radius 1 is 1.52 bits per heavy atom. The van der Waals surface area contributed by atoms with E-state index in [1.165, 1.54) is 6.21 Å². The number of carbonyl (C=O) groups excluding carboxylic acids is 1. The smallest absolute Gasteiger partial charge is 0.254 e. The average Bonchev–Trinajstić information content (AvgIpc) is 3.05. The second-order valence-electron chi connectivity index (χ2n) is 5.09. The number of hydrogen-bond donors (Lipinski definition) is 2. The number of hydrogen-bond acceptors (Lipinski definition) is 5. The normalized spacial score (nSPS) is 22.4. The molecule has 6 nitrogen and oxygen atoms in total. The van der Waals surface area contributed by atoms with Crippen molar-refractivity contribution in [2.75, 3.05) is 24.5 Å². The topological polar surface area (TPSA) is 83.6 Å². The van der Waals surface area contributed by atoms with Crippen molar-refractivity contribution in [3.8, 4) is 0 Å². The van der Waals surface area contributed by atoms with Gasteiger partial charge in [0.1, 0.15) is 6.17 Å². The van der Waals surface area contributed by atoms with Gasteiger partial charge >= 0.3 is 0 Å². The van der Waals surface area contributed by atoms with E-state index in [2.05, 4.69) is 15.3 Å². The lowest BCUT2D eigenvalue weighted by Gasteiger charge is -2.16. The van der Waals surface area contributed by atoms with Crippen LogP contribution in [0.15, 0.2) is 34.6 Å². The van der Waals surface area contributed by atoms with E-state index < -0.39 is 6.17 Å². The number of anilines is 1. The maximum absolute atomic E-state index is 13.2. The van der Waals surface area contributed by atoms with E-state index in [9.17, 15) is 9.18 Å². The molecule has 1 saturated heterocycles. The molecular formula is C14H16FN5O. The molecule has 1 fully saturated rings. The molecule has 3 heterocycles. The monoisotopic (exact) mass is 289 g/mol. The lowest BCUT2D eigenvalue weighted by atomic mass is 10.2. The number of carbonyl (C=O) groups is 1. The van der Waals surface area contributed by atoms with Crippen molar-refractivity contribution < 1.29 is 9.18 Å². The molecule has 0 aliphatic carbocycles. The summed E-state index contributed by atoms with van der Waals surface area (Å²) >= 11 is 0. The first-order valence-corrected chi connectivity index (χ1v) is 6.79. The van der Waals surface area contributed by atoms with Crippen LogP contribution in [0.3, 0.4) is 0 Å². The van der Waals surface area contributed by atoms with Gasteiger partial charge < -0.3 is 16.0 Å². The highest BCUT2D eigenvalue weighted by molar-refractivity contribution is 6.15. The first-order chi connectivity index (χ1) is 10.1. The molecule has 0 aromatic carbocycles. The zero-order valence-corrected chi connectivity index (χ0v) is 11.4. The van der Waals surface area contributed by atoms with Gasteiger partial charge in [0.2, 0.25) is 0 Å². The Kier molecular flexibility index (Phi) is 3.55. The number of pyridine rings is 1. The fourth-order valence-electron chi connectivity index (χ4n) is 2.38. The summed E-state index contributed by atoms with van der Waals surface area (Å²) in [6, 6.07) is 3.59. The number of rotatable bonds is 3. The molecule has 21 heavy (non-hydrogen) atoms. The summed E-state index contributed by atoms with van der Waals surface area (Å²) in [4.78, 5) is 21.8. The lowest BCUT2D eigenvalue weighted by Crippen LogP contribution is -2.19. The van der Waals surface area contributed by atoms with Crippen LogP contribution in [0.4, 0.5) is 15.9 Å². The second kappa shape index (κ2) is 5.51. The van der Waals surface area contributed by atoms with Crippen LogP contribution in [-0.2, 0) is 4.79 Å². The summed E-state index contributed by atoms with van der Waals surface area (Å²) in [6.07, 6.45) is 2.88. The van der Waals surface area contributed by atoms with Crippen molar-refractivity contribution >= 4 is 23.6 Å². The minimum Gasteiger partial charge on any atom is -0.400 e. The fourth-order valence-corrected chi connectivity index (χ4v) is 2.38. The van der Waals surface area contributed by atoms with Crippen LogP contribution >= 0.6 is 0 Å². The highest BCUT2D eigenvalue weighted by Gasteiger charge is 2.22. The van der Waals surface area contributed by atoms with E-state index in [0.717, 1.165) is 5.69 Å². The van der Waals surface area contributed by atoms with Gasteiger partial charge in [-0.3, -0.25) is 4.79 Å². The van der Waals surface area contributed by atoms with E-state index in [4.69, 9.17) is 5.73 Å². The van der Waals surface area contributed by atoms with Crippen molar-refractivity contribution in [1.82, 2.24) is 10.3 Å². The van der Waals surface area contributed by atoms with Crippen molar-refractivity contribution in [2.45, 2.75) is 12.6 Å². The van der Waals surface area contributed by atoms with E-state index >= 15 is 0 Å². The van der Waals surface area contributed by atoms with Crippen LogP contribution in [-0.4, -0.2) is 42.9 Å². The number of aliphatic imine (C=N–C) groups is 1. The summed E-state index contributed by atoms with van der Waals surface area (Å²) < 4.78 is 13.2. The molecule has 1 aromatic heterocycles. The molecule has 1 amide bonds. The third-order valence-corrected chi connectivity index (χ3v) is 3.58. The highest BCUT2D eigenvalue weighted by atomic mass is 19.1. The Bertz CT molecular complexity index is 610. The van der Waals surface area contributed by atoms with E-state index in [1.807, 2.05) is 11.0 Å². The SMILES string of the molecule is NC1=C(C=Nc2ccc(N3CC[C@H](F)C3)cn2)C(=O)NC1. The van der Waals surface area contributed by atoms with Crippen molar-refractivity contribution in [3.05, 3.63) is 29.6 Å². The predicted octanol–water partition coefficient (Wildman–Crippen LogP) is 0.675. The molecule has 3 rings (SSSR count). The van der Waals surface area contributed by atoms with Crippen LogP contribution in [0.1, 0.15) is 6.42 Å². The maximum atomic E-state index is 13.2. The molecule has 0 spiro atoms. The van der Waals surface area contributed by atoms with Gasteiger partial charge in [-0.25, -0.2) is 14.4 Å². The van der Waals surface area contributed by atoms with Gasteiger partial charge in [0.15, 0.2) is 5.82 Å². The van der Waals surface area contributed by atoms with Crippen LogP contribution in [0, 0.1) is 0 Å². The third kappa shape index (κ3) is 2.86. The Morgan fingerprint density at radius 2 is 2.38 bits per heavy atom. The van der Waals surface area contributed by atoms with E-state index in [0.29, 0.717) is 43.1 Å². The average molecular weight is 289 g/mol. The van der Waals surface area contributed by atoms with Gasteiger partial charge in [-0.15, -0.1) is 0 Å². The fraction of sp³-hybridized carbons (Fsp3) is 0.357. The molecule has 1 atom stereocenters. The number of amides is 1. The van der Waals surface area contributed by atoms with Crippen LogP contribution in [0.25, 0.3) is 0 Å². The largest absolute Gasteiger partial charge is 0.400 e. The first-order valence-electron chi connectivity index (χ1n) is 6.79. The minimum atomic E-state index is -0.765. The molecule has 0 saturated carbocycles. The number of alkyl halides is 1. The zero-order chi connectivity index (χ0) is 14.8. The van der Waals surface area contributed by atoms with Crippen molar-refractivity contribution in [2.24, 2.45) is 10.7 Å².